The van der Waals surface area contributed by atoms with Gasteiger partial charge in [0, 0.05) is 19.2 Å². The van der Waals surface area contributed by atoms with Gasteiger partial charge in [-0.15, -0.1) is 0 Å². The molecule has 1 heterocycles. The molecule has 0 unspecified atom stereocenters. The minimum atomic E-state index is -1.27. The molecule has 0 radical (unpaired) electrons. The van der Waals surface area contributed by atoms with Crippen LogP contribution in [0.5, 0.6) is 0 Å². The summed E-state index contributed by atoms with van der Waals surface area (Å²) < 4.78 is 39.3. The van der Waals surface area contributed by atoms with Crippen molar-refractivity contribution in [2.75, 3.05) is 17.7 Å². The van der Waals surface area contributed by atoms with Crippen LogP contribution in [0.15, 0.2) is 24.5 Å². The molecule has 18 heavy (non-hydrogen) atoms. The highest BCUT2D eigenvalue weighted by Crippen LogP contribution is 2.22. The average molecular weight is 254 g/mol. The minimum absolute atomic E-state index is 0.172. The largest absolute Gasteiger partial charge is 0.372 e. The molecule has 0 bridgehead atoms. The van der Waals surface area contributed by atoms with Gasteiger partial charge in [0.2, 0.25) is 0 Å². The molecule has 1 aromatic heterocycles. The summed E-state index contributed by atoms with van der Waals surface area (Å²) in [6.45, 7) is 0. The van der Waals surface area contributed by atoms with Gasteiger partial charge in [0.1, 0.15) is 11.6 Å². The molecule has 0 aliphatic rings. The lowest BCUT2D eigenvalue weighted by Crippen LogP contribution is -2.02. The second-order valence-electron chi connectivity index (χ2n) is 3.41. The molecule has 2 N–H and O–H groups in total. The van der Waals surface area contributed by atoms with E-state index in [-0.39, 0.29) is 11.5 Å². The maximum absolute atomic E-state index is 13.4. The number of benzene rings is 1. The zero-order valence-corrected chi connectivity index (χ0v) is 9.34. The Morgan fingerprint density at radius 2 is 1.78 bits per heavy atom. The SMILES string of the molecule is CNc1cncc(Nc2cc(F)cc(F)c2F)n1. The Balaban J connectivity index is 2.33. The summed E-state index contributed by atoms with van der Waals surface area (Å²) in [6.07, 6.45) is 2.76. The summed E-state index contributed by atoms with van der Waals surface area (Å²) in [5.41, 5.74) is -0.338. The van der Waals surface area contributed by atoms with E-state index in [1.807, 2.05) is 0 Å². The fraction of sp³-hybridized carbons (Fsp3) is 0.0909. The van der Waals surface area contributed by atoms with Crippen LogP contribution < -0.4 is 10.6 Å². The number of rotatable bonds is 3. The Labute approximate surface area is 101 Å². The van der Waals surface area contributed by atoms with Crippen molar-refractivity contribution in [3.05, 3.63) is 42.0 Å². The Kier molecular flexibility index (Phi) is 3.31. The van der Waals surface area contributed by atoms with Gasteiger partial charge in [-0.2, -0.15) is 0 Å². The number of aromatic nitrogens is 2. The van der Waals surface area contributed by atoms with Crippen molar-refractivity contribution in [2.45, 2.75) is 0 Å². The van der Waals surface area contributed by atoms with Crippen LogP contribution in [0.1, 0.15) is 0 Å². The molecule has 4 nitrogen and oxygen atoms in total. The predicted molar refractivity (Wildman–Crippen MR) is 61.2 cm³/mol. The molecular weight excluding hydrogens is 245 g/mol. The number of nitrogens with zero attached hydrogens (tertiary/aromatic N) is 2. The molecule has 94 valence electrons. The molecule has 1 aromatic carbocycles. The van der Waals surface area contributed by atoms with E-state index in [2.05, 4.69) is 20.6 Å². The fourth-order valence-corrected chi connectivity index (χ4v) is 1.33. The Hall–Kier alpha value is -2.31. The van der Waals surface area contributed by atoms with Gasteiger partial charge in [-0.25, -0.2) is 18.2 Å². The van der Waals surface area contributed by atoms with E-state index in [0.29, 0.717) is 11.9 Å². The van der Waals surface area contributed by atoms with E-state index in [1.54, 1.807) is 7.05 Å². The standard InChI is InChI=1S/C11H9F3N4/c1-15-9-4-16-5-10(18-9)17-8-3-6(12)2-7(13)11(8)14/h2-5H,1H3,(H2,15,17,18). The van der Waals surface area contributed by atoms with Crippen LogP contribution in [0.2, 0.25) is 0 Å². The van der Waals surface area contributed by atoms with Gasteiger partial charge in [-0.3, -0.25) is 4.98 Å². The number of nitrogens with one attached hydrogen (secondary N) is 2. The van der Waals surface area contributed by atoms with Gasteiger partial charge < -0.3 is 10.6 Å². The van der Waals surface area contributed by atoms with Crippen molar-refractivity contribution in [2.24, 2.45) is 0 Å². The highest BCUT2D eigenvalue weighted by Gasteiger charge is 2.11. The fourth-order valence-electron chi connectivity index (χ4n) is 1.33. The molecule has 2 aromatic rings. The summed E-state index contributed by atoms with van der Waals surface area (Å²) in [5, 5.41) is 5.19. The van der Waals surface area contributed by atoms with Crippen molar-refractivity contribution in [3.63, 3.8) is 0 Å². The topological polar surface area (TPSA) is 49.8 Å². The second-order valence-corrected chi connectivity index (χ2v) is 3.41. The number of anilines is 3. The lowest BCUT2D eigenvalue weighted by atomic mass is 10.3. The molecule has 0 fully saturated rings. The van der Waals surface area contributed by atoms with E-state index in [0.717, 1.165) is 6.07 Å². The van der Waals surface area contributed by atoms with E-state index in [9.17, 15) is 13.2 Å². The summed E-state index contributed by atoms with van der Waals surface area (Å²) in [5.74, 6) is -2.71. The van der Waals surface area contributed by atoms with Crippen LogP contribution in [-0.4, -0.2) is 17.0 Å². The molecule has 0 aliphatic carbocycles. The first-order valence-corrected chi connectivity index (χ1v) is 5.01. The third-order valence-electron chi connectivity index (χ3n) is 2.15. The number of halogens is 3. The normalized spacial score (nSPS) is 10.2. The van der Waals surface area contributed by atoms with Crippen LogP contribution >= 0.6 is 0 Å². The van der Waals surface area contributed by atoms with Gasteiger partial charge in [-0.1, -0.05) is 0 Å². The molecule has 0 spiro atoms. The highest BCUT2D eigenvalue weighted by molar-refractivity contribution is 5.57. The predicted octanol–water partition coefficient (Wildman–Crippen LogP) is 2.68. The van der Waals surface area contributed by atoms with Gasteiger partial charge >= 0.3 is 0 Å². The van der Waals surface area contributed by atoms with E-state index >= 15 is 0 Å². The van der Waals surface area contributed by atoms with Crippen LogP contribution in [0.25, 0.3) is 0 Å². The molecule has 7 heteroatoms. The van der Waals surface area contributed by atoms with Gasteiger partial charge in [0.15, 0.2) is 17.5 Å². The number of hydrogen-bond acceptors (Lipinski definition) is 4. The van der Waals surface area contributed by atoms with Crippen molar-refractivity contribution >= 4 is 17.3 Å². The van der Waals surface area contributed by atoms with Crippen molar-refractivity contribution in [1.82, 2.24) is 9.97 Å². The number of hydrogen-bond donors (Lipinski definition) is 2. The second kappa shape index (κ2) is 4.91. The zero-order chi connectivity index (χ0) is 13.1. The molecule has 0 saturated heterocycles. The van der Waals surface area contributed by atoms with E-state index in [1.165, 1.54) is 12.4 Å². The highest BCUT2D eigenvalue weighted by atomic mass is 19.2. The quantitative estimate of drug-likeness (QED) is 0.827. The van der Waals surface area contributed by atoms with Crippen molar-refractivity contribution < 1.29 is 13.2 Å². The molecule has 0 amide bonds. The van der Waals surface area contributed by atoms with Crippen LogP contribution in [0, 0.1) is 17.5 Å². The van der Waals surface area contributed by atoms with Crippen LogP contribution in [-0.2, 0) is 0 Å². The lowest BCUT2D eigenvalue weighted by molar-refractivity contribution is 0.498. The van der Waals surface area contributed by atoms with Crippen molar-refractivity contribution in [1.29, 1.82) is 0 Å². The molecule has 0 aliphatic heterocycles. The van der Waals surface area contributed by atoms with Crippen molar-refractivity contribution in [3.8, 4) is 0 Å². The first-order chi connectivity index (χ1) is 8.60. The summed E-state index contributed by atoms with van der Waals surface area (Å²) >= 11 is 0. The average Bonchev–Trinajstić information content (AvgIpc) is 2.35. The first kappa shape index (κ1) is 12.2. The first-order valence-electron chi connectivity index (χ1n) is 5.01. The molecule has 0 saturated carbocycles. The Morgan fingerprint density at radius 1 is 1.06 bits per heavy atom. The third kappa shape index (κ3) is 2.50. The maximum atomic E-state index is 13.4. The summed E-state index contributed by atoms with van der Waals surface area (Å²) in [4.78, 5) is 7.82. The van der Waals surface area contributed by atoms with Crippen LogP contribution in [0.4, 0.5) is 30.5 Å². The van der Waals surface area contributed by atoms with Gasteiger partial charge in [0.05, 0.1) is 18.1 Å². The molecule has 2 rings (SSSR count). The third-order valence-corrected chi connectivity index (χ3v) is 2.15. The lowest BCUT2D eigenvalue weighted by Gasteiger charge is -2.08. The van der Waals surface area contributed by atoms with Gasteiger partial charge in [-0.05, 0) is 0 Å². The molecular formula is C11H9F3N4. The minimum Gasteiger partial charge on any atom is -0.372 e. The van der Waals surface area contributed by atoms with E-state index in [4.69, 9.17) is 0 Å². The van der Waals surface area contributed by atoms with E-state index < -0.39 is 17.5 Å². The summed E-state index contributed by atoms with van der Waals surface area (Å²) in [7, 11) is 1.64. The van der Waals surface area contributed by atoms with Crippen LogP contribution in [0.3, 0.4) is 0 Å². The van der Waals surface area contributed by atoms with Gasteiger partial charge in [0.25, 0.3) is 0 Å². The maximum Gasteiger partial charge on any atom is 0.182 e. The summed E-state index contributed by atoms with van der Waals surface area (Å²) in [6, 6.07) is 1.31. The molecule has 0 atom stereocenters. The Morgan fingerprint density at radius 3 is 2.50 bits per heavy atom. The Bertz CT molecular complexity index is 574. The zero-order valence-electron chi connectivity index (χ0n) is 9.34. The monoisotopic (exact) mass is 254 g/mol. The smallest absolute Gasteiger partial charge is 0.182 e.